The predicted molar refractivity (Wildman–Crippen MR) is 120 cm³/mol. The first-order chi connectivity index (χ1) is 14.6. The fourth-order valence-corrected chi connectivity index (χ4v) is 5.70. The van der Waals surface area contributed by atoms with Gasteiger partial charge in [-0.2, -0.15) is 0 Å². The number of amides is 3. The number of hydrogen-bond donors (Lipinski definition) is 2. The van der Waals surface area contributed by atoms with E-state index in [0.717, 1.165) is 47.8 Å². The van der Waals surface area contributed by atoms with Crippen LogP contribution in [0.5, 0.6) is 0 Å². The average Bonchev–Trinajstić information content (AvgIpc) is 3.11. The zero-order valence-corrected chi connectivity index (χ0v) is 18.2. The van der Waals surface area contributed by atoms with Crippen molar-refractivity contribution in [2.24, 2.45) is 0 Å². The van der Waals surface area contributed by atoms with Crippen molar-refractivity contribution in [1.29, 1.82) is 0 Å². The number of aromatic nitrogens is 2. The smallest absolute Gasteiger partial charge is 0.321 e. The number of fused-ring (bicyclic) bond motifs is 3. The van der Waals surface area contributed by atoms with Gasteiger partial charge in [0.15, 0.2) is 5.16 Å². The Morgan fingerprint density at radius 3 is 2.73 bits per heavy atom. The Labute approximate surface area is 181 Å². The Morgan fingerprint density at radius 1 is 1.20 bits per heavy atom. The number of thiophene rings is 1. The molecule has 0 unspecified atom stereocenters. The first-order valence-corrected chi connectivity index (χ1v) is 11.7. The number of benzene rings is 1. The van der Waals surface area contributed by atoms with Gasteiger partial charge in [0.05, 0.1) is 16.8 Å². The van der Waals surface area contributed by atoms with Gasteiger partial charge in [-0.1, -0.05) is 30.0 Å². The highest BCUT2D eigenvalue weighted by molar-refractivity contribution is 7.99. The second-order valence-electron chi connectivity index (χ2n) is 6.96. The van der Waals surface area contributed by atoms with Crippen LogP contribution in [0.25, 0.3) is 15.9 Å². The maximum atomic E-state index is 13.5. The zero-order chi connectivity index (χ0) is 21.1. The molecule has 30 heavy (non-hydrogen) atoms. The van der Waals surface area contributed by atoms with Gasteiger partial charge in [-0.05, 0) is 50.3 Å². The van der Waals surface area contributed by atoms with E-state index in [0.29, 0.717) is 22.8 Å². The van der Waals surface area contributed by atoms with Gasteiger partial charge in [-0.3, -0.25) is 19.5 Å². The van der Waals surface area contributed by atoms with Gasteiger partial charge in [0, 0.05) is 11.4 Å². The minimum absolute atomic E-state index is 0.0208. The van der Waals surface area contributed by atoms with Crippen molar-refractivity contribution in [2.45, 2.75) is 37.8 Å². The number of aryl methyl sites for hydroxylation is 2. The third kappa shape index (κ3) is 4.13. The van der Waals surface area contributed by atoms with E-state index in [2.05, 4.69) is 10.6 Å². The van der Waals surface area contributed by atoms with Crippen molar-refractivity contribution in [3.8, 4) is 5.69 Å². The van der Waals surface area contributed by atoms with Crippen molar-refractivity contribution < 1.29 is 9.59 Å². The molecular weight excluding hydrogens is 420 g/mol. The summed E-state index contributed by atoms with van der Waals surface area (Å²) in [5, 5.41) is 5.95. The van der Waals surface area contributed by atoms with Gasteiger partial charge in [0.2, 0.25) is 5.91 Å². The van der Waals surface area contributed by atoms with Crippen LogP contribution in [0.4, 0.5) is 4.79 Å². The van der Waals surface area contributed by atoms with E-state index in [1.807, 2.05) is 30.3 Å². The van der Waals surface area contributed by atoms with Crippen LogP contribution in [-0.2, 0) is 17.6 Å². The molecular formula is C21H22N4O3S2. The molecule has 1 aliphatic rings. The number of carbonyl (C=O) groups is 2. The predicted octanol–water partition coefficient (Wildman–Crippen LogP) is 3.26. The molecule has 0 atom stereocenters. The summed E-state index contributed by atoms with van der Waals surface area (Å²) < 4.78 is 1.58. The van der Waals surface area contributed by atoms with E-state index in [4.69, 9.17) is 4.98 Å². The Bertz CT molecular complexity index is 1150. The standard InChI is InChI=1S/C21H22N4O3S2/c1-2-22-20(28)23-16(26)12-29-21-24-18-17(14-10-6-7-11-15(14)30-18)19(27)25(21)13-8-4-3-5-9-13/h3-5,8-9H,2,6-7,10-12H2,1H3,(H2,22,23,26,28). The van der Waals surface area contributed by atoms with Gasteiger partial charge >= 0.3 is 6.03 Å². The Balaban J connectivity index is 1.73. The van der Waals surface area contributed by atoms with Crippen LogP contribution in [-0.4, -0.2) is 33.8 Å². The van der Waals surface area contributed by atoms with E-state index in [1.54, 1.807) is 22.8 Å². The van der Waals surface area contributed by atoms with Crippen molar-refractivity contribution >= 4 is 45.3 Å². The fraction of sp³-hybridized carbons (Fsp3) is 0.333. The molecule has 0 bridgehead atoms. The van der Waals surface area contributed by atoms with Crippen molar-refractivity contribution in [3.05, 3.63) is 51.1 Å². The first-order valence-electron chi connectivity index (χ1n) is 9.91. The van der Waals surface area contributed by atoms with E-state index in [1.165, 1.54) is 4.88 Å². The maximum Gasteiger partial charge on any atom is 0.321 e. The van der Waals surface area contributed by atoms with Crippen molar-refractivity contribution in [3.63, 3.8) is 0 Å². The summed E-state index contributed by atoms with van der Waals surface area (Å²) in [4.78, 5) is 44.0. The monoisotopic (exact) mass is 442 g/mol. The fourth-order valence-electron chi connectivity index (χ4n) is 3.59. The first kappa shape index (κ1) is 20.6. The van der Waals surface area contributed by atoms with Gasteiger partial charge in [-0.15, -0.1) is 11.3 Å². The summed E-state index contributed by atoms with van der Waals surface area (Å²) >= 11 is 2.73. The second kappa shape index (κ2) is 9.01. The van der Waals surface area contributed by atoms with Gasteiger partial charge < -0.3 is 5.32 Å². The number of para-hydroxylation sites is 1. The molecule has 2 N–H and O–H groups in total. The lowest BCUT2D eigenvalue weighted by Gasteiger charge is -2.13. The molecule has 2 heterocycles. The Morgan fingerprint density at radius 2 is 1.97 bits per heavy atom. The SMILES string of the molecule is CCNC(=O)NC(=O)CSc1nc2sc3c(c2c(=O)n1-c1ccccc1)CCCC3. The normalized spacial score (nSPS) is 13.1. The molecule has 9 heteroatoms. The lowest BCUT2D eigenvalue weighted by atomic mass is 9.97. The van der Waals surface area contributed by atoms with Crippen LogP contribution < -0.4 is 16.2 Å². The summed E-state index contributed by atoms with van der Waals surface area (Å²) in [6, 6.07) is 8.80. The largest absolute Gasteiger partial charge is 0.338 e. The number of carbonyl (C=O) groups excluding carboxylic acids is 2. The molecule has 1 aliphatic carbocycles. The molecule has 1 aromatic carbocycles. The molecule has 3 aromatic rings. The molecule has 2 aromatic heterocycles. The molecule has 0 spiro atoms. The summed E-state index contributed by atoms with van der Waals surface area (Å²) in [7, 11) is 0. The van der Waals surface area contributed by atoms with Crippen LogP contribution >= 0.6 is 23.1 Å². The second-order valence-corrected chi connectivity index (χ2v) is 8.98. The lowest BCUT2D eigenvalue weighted by Crippen LogP contribution is -2.40. The van der Waals surface area contributed by atoms with Crippen molar-refractivity contribution in [1.82, 2.24) is 20.2 Å². The minimum atomic E-state index is -0.530. The molecule has 3 amide bonds. The van der Waals surface area contributed by atoms with Crippen LogP contribution in [0, 0.1) is 0 Å². The third-order valence-electron chi connectivity index (χ3n) is 4.90. The Hall–Kier alpha value is -2.65. The molecule has 0 aliphatic heterocycles. The average molecular weight is 443 g/mol. The van der Waals surface area contributed by atoms with E-state index in [-0.39, 0.29) is 11.3 Å². The molecule has 0 saturated heterocycles. The molecule has 0 saturated carbocycles. The number of nitrogens with one attached hydrogen (secondary N) is 2. The number of hydrogen-bond acceptors (Lipinski definition) is 6. The number of nitrogens with zero attached hydrogens (tertiary/aromatic N) is 2. The summed E-state index contributed by atoms with van der Waals surface area (Å²) in [6.07, 6.45) is 4.11. The summed E-state index contributed by atoms with van der Waals surface area (Å²) in [5.74, 6) is -0.460. The van der Waals surface area contributed by atoms with Crippen LogP contribution in [0.2, 0.25) is 0 Å². The van der Waals surface area contributed by atoms with Gasteiger partial charge in [0.25, 0.3) is 5.56 Å². The molecule has 156 valence electrons. The van der Waals surface area contributed by atoms with Crippen LogP contribution in [0.3, 0.4) is 0 Å². The number of urea groups is 1. The molecule has 7 nitrogen and oxygen atoms in total. The van der Waals surface area contributed by atoms with Gasteiger partial charge in [0.1, 0.15) is 4.83 Å². The minimum Gasteiger partial charge on any atom is -0.338 e. The topological polar surface area (TPSA) is 93.1 Å². The molecule has 4 rings (SSSR count). The molecule has 0 fully saturated rings. The van der Waals surface area contributed by atoms with Crippen LogP contribution in [0.1, 0.15) is 30.2 Å². The highest BCUT2D eigenvalue weighted by atomic mass is 32.2. The van der Waals surface area contributed by atoms with E-state index >= 15 is 0 Å². The van der Waals surface area contributed by atoms with Crippen LogP contribution in [0.15, 0.2) is 40.3 Å². The molecule has 0 radical (unpaired) electrons. The van der Waals surface area contributed by atoms with Gasteiger partial charge in [-0.25, -0.2) is 9.78 Å². The third-order valence-corrected chi connectivity index (χ3v) is 7.02. The van der Waals surface area contributed by atoms with E-state index in [9.17, 15) is 14.4 Å². The quantitative estimate of drug-likeness (QED) is 0.467. The maximum absolute atomic E-state index is 13.5. The number of rotatable bonds is 5. The van der Waals surface area contributed by atoms with E-state index < -0.39 is 11.9 Å². The summed E-state index contributed by atoms with van der Waals surface area (Å²) in [5.41, 5.74) is 1.74. The highest BCUT2D eigenvalue weighted by Crippen LogP contribution is 2.35. The summed E-state index contributed by atoms with van der Waals surface area (Å²) in [6.45, 7) is 2.21. The zero-order valence-electron chi connectivity index (χ0n) is 16.6. The highest BCUT2D eigenvalue weighted by Gasteiger charge is 2.23. The number of imide groups is 1. The van der Waals surface area contributed by atoms with Crippen molar-refractivity contribution in [2.75, 3.05) is 12.3 Å². The Kier molecular flexibility index (Phi) is 6.19. The number of thioether (sulfide) groups is 1. The lowest BCUT2D eigenvalue weighted by molar-refractivity contribution is -0.117.